The van der Waals surface area contributed by atoms with Crippen molar-refractivity contribution in [3.63, 3.8) is 0 Å². The summed E-state index contributed by atoms with van der Waals surface area (Å²) < 4.78 is 20.5. The van der Waals surface area contributed by atoms with Crippen molar-refractivity contribution in [1.29, 1.82) is 0 Å². The molecule has 0 radical (unpaired) electrons. The number of esters is 2. The van der Waals surface area contributed by atoms with Crippen LogP contribution in [0.15, 0.2) is 48.5 Å². The molecule has 0 aromatic heterocycles. The second-order valence-electron chi connectivity index (χ2n) is 5.59. The van der Waals surface area contributed by atoms with Gasteiger partial charge in [-0.05, 0) is 36.4 Å². The lowest BCUT2D eigenvalue weighted by Crippen LogP contribution is -2.39. The Bertz CT molecular complexity index is 847. The van der Waals surface area contributed by atoms with Gasteiger partial charge in [0.2, 0.25) is 6.10 Å². The topological polar surface area (TPSA) is 100 Å². The van der Waals surface area contributed by atoms with E-state index in [0.717, 1.165) is 0 Å². The van der Waals surface area contributed by atoms with Gasteiger partial charge in [-0.1, -0.05) is 12.1 Å². The highest BCUT2D eigenvalue weighted by molar-refractivity contribution is 5.94. The number of fused-ring (bicyclic) bond motifs is 1. The third-order valence-corrected chi connectivity index (χ3v) is 3.71. The van der Waals surface area contributed by atoms with Crippen molar-refractivity contribution in [3.8, 4) is 11.5 Å². The van der Waals surface area contributed by atoms with Crippen LogP contribution in [-0.4, -0.2) is 44.3 Å². The Kier molecular flexibility index (Phi) is 5.55. The minimum Gasteiger partial charge on any atom is -0.485 e. The Morgan fingerprint density at radius 3 is 2.48 bits per heavy atom. The number of nitrogens with one attached hydrogen (secondary N) is 1. The molecule has 8 nitrogen and oxygen atoms in total. The quantitative estimate of drug-likeness (QED) is 0.800. The Balaban J connectivity index is 1.48. The Morgan fingerprint density at radius 2 is 1.78 bits per heavy atom. The number of carbonyl (C=O) groups is 3. The number of methoxy groups -OCH3 is 1. The Labute approximate surface area is 155 Å². The van der Waals surface area contributed by atoms with Crippen molar-refractivity contribution >= 4 is 23.5 Å². The van der Waals surface area contributed by atoms with E-state index in [9.17, 15) is 14.4 Å². The molecular formula is C19H17NO7. The van der Waals surface area contributed by atoms with E-state index in [1.54, 1.807) is 36.4 Å². The second kappa shape index (κ2) is 8.22. The predicted molar refractivity (Wildman–Crippen MR) is 93.7 cm³/mol. The van der Waals surface area contributed by atoms with Crippen molar-refractivity contribution in [2.75, 3.05) is 25.6 Å². The molecule has 3 rings (SSSR count). The molecule has 0 fully saturated rings. The molecule has 1 aliphatic heterocycles. The van der Waals surface area contributed by atoms with Gasteiger partial charge in [0.15, 0.2) is 18.1 Å². The summed E-state index contributed by atoms with van der Waals surface area (Å²) in [7, 11) is 1.28. The molecule has 0 unspecified atom stereocenters. The van der Waals surface area contributed by atoms with E-state index in [4.69, 9.17) is 14.2 Å². The number of hydrogen-bond donors (Lipinski definition) is 1. The van der Waals surface area contributed by atoms with Crippen LogP contribution in [0.2, 0.25) is 0 Å². The second-order valence-corrected chi connectivity index (χ2v) is 5.59. The molecule has 0 aliphatic carbocycles. The van der Waals surface area contributed by atoms with Crippen LogP contribution in [0.1, 0.15) is 10.4 Å². The normalized spacial score (nSPS) is 14.8. The zero-order valence-electron chi connectivity index (χ0n) is 14.5. The highest BCUT2D eigenvalue weighted by Crippen LogP contribution is 2.31. The summed E-state index contributed by atoms with van der Waals surface area (Å²) in [5, 5.41) is 2.56. The van der Waals surface area contributed by atoms with Gasteiger partial charge in [0.05, 0.1) is 12.7 Å². The number of ether oxygens (including phenoxy) is 4. The van der Waals surface area contributed by atoms with Crippen molar-refractivity contribution in [1.82, 2.24) is 0 Å². The summed E-state index contributed by atoms with van der Waals surface area (Å²) in [4.78, 5) is 35.3. The van der Waals surface area contributed by atoms with E-state index in [0.29, 0.717) is 22.7 Å². The van der Waals surface area contributed by atoms with Gasteiger partial charge >= 0.3 is 11.9 Å². The molecule has 1 heterocycles. The monoisotopic (exact) mass is 371 g/mol. The summed E-state index contributed by atoms with van der Waals surface area (Å²) in [5.74, 6) is -0.694. The molecule has 0 spiro atoms. The highest BCUT2D eigenvalue weighted by Gasteiger charge is 2.29. The van der Waals surface area contributed by atoms with Gasteiger partial charge in [-0.2, -0.15) is 0 Å². The van der Waals surface area contributed by atoms with E-state index in [2.05, 4.69) is 10.1 Å². The average Bonchev–Trinajstić information content (AvgIpc) is 2.71. The van der Waals surface area contributed by atoms with E-state index >= 15 is 0 Å². The average molecular weight is 371 g/mol. The number of benzene rings is 2. The van der Waals surface area contributed by atoms with Crippen molar-refractivity contribution < 1.29 is 33.3 Å². The molecular weight excluding hydrogens is 354 g/mol. The minimum absolute atomic E-state index is 0.00640. The first kappa shape index (κ1) is 18.2. The van der Waals surface area contributed by atoms with Crippen LogP contribution in [0.4, 0.5) is 5.69 Å². The number of anilines is 1. The minimum atomic E-state index is -0.938. The van der Waals surface area contributed by atoms with E-state index in [-0.39, 0.29) is 6.61 Å². The van der Waals surface area contributed by atoms with Gasteiger partial charge in [-0.3, -0.25) is 4.79 Å². The first-order valence-corrected chi connectivity index (χ1v) is 8.10. The third-order valence-electron chi connectivity index (χ3n) is 3.71. The van der Waals surface area contributed by atoms with Crippen LogP contribution in [0.5, 0.6) is 11.5 Å². The predicted octanol–water partition coefficient (Wildman–Crippen LogP) is 1.79. The molecule has 0 saturated carbocycles. The highest BCUT2D eigenvalue weighted by atomic mass is 16.6. The molecule has 1 aliphatic rings. The Morgan fingerprint density at radius 1 is 1.07 bits per heavy atom. The molecule has 1 amide bonds. The summed E-state index contributed by atoms with van der Waals surface area (Å²) in [5.41, 5.74) is 0.812. The summed E-state index contributed by atoms with van der Waals surface area (Å²) in [6.45, 7) is -0.467. The van der Waals surface area contributed by atoms with Gasteiger partial charge in [-0.25, -0.2) is 9.59 Å². The molecule has 8 heteroatoms. The van der Waals surface area contributed by atoms with E-state index < -0.39 is 30.6 Å². The van der Waals surface area contributed by atoms with Crippen molar-refractivity contribution in [3.05, 3.63) is 54.1 Å². The van der Waals surface area contributed by atoms with Gasteiger partial charge in [0.25, 0.3) is 5.91 Å². The number of carbonyl (C=O) groups excluding carboxylic acids is 3. The maximum Gasteiger partial charge on any atom is 0.351 e. The van der Waals surface area contributed by atoms with Gasteiger partial charge in [0, 0.05) is 5.69 Å². The van der Waals surface area contributed by atoms with Gasteiger partial charge in [-0.15, -0.1) is 0 Å². The molecule has 0 saturated heterocycles. The lowest BCUT2D eigenvalue weighted by atomic mass is 10.2. The maximum atomic E-state index is 12.1. The largest absolute Gasteiger partial charge is 0.485 e. The van der Waals surface area contributed by atoms with Crippen LogP contribution in [-0.2, 0) is 19.1 Å². The van der Waals surface area contributed by atoms with E-state index in [1.807, 2.05) is 0 Å². The maximum absolute atomic E-state index is 12.1. The molecule has 1 atom stereocenters. The van der Waals surface area contributed by atoms with Crippen LogP contribution in [0.25, 0.3) is 0 Å². The fourth-order valence-electron chi connectivity index (χ4n) is 2.37. The molecule has 140 valence electrons. The third kappa shape index (κ3) is 4.55. The van der Waals surface area contributed by atoms with Crippen molar-refractivity contribution in [2.45, 2.75) is 6.10 Å². The summed E-state index contributed by atoms with van der Waals surface area (Å²) >= 11 is 0. The number of rotatable bonds is 5. The van der Waals surface area contributed by atoms with Crippen LogP contribution >= 0.6 is 0 Å². The molecule has 2 aromatic rings. The van der Waals surface area contributed by atoms with E-state index in [1.165, 1.54) is 19.2 Å². The SMILES string of the molecule is COC(=O)c1ccc(NC(=O)COC(=O)[C@H]2COc3ccccc3O2)cc1. The number of para-hydroxylation sites is 2. The zero-order chi connectivity index (χ0) is 19.2. The van der Waals surface area contributed by atoms with Gasteiger partial charge < -0.3 is 24.3 Å². The number of amides is 1. The lowest BCUT2D eigenvalue weighted by Gasteiger charge is -2.24. The smallest absolute Gasteiger partial charge is 0.351 e. The van der Waals surface area contributed by atoms with Crippen molar-refractivity contribution in [2.24, 2.45) is 0 Å². The van der Waals surface area contributed by atoms with Crippen LogP contribution in [0, 0.1) is 0 Å². The summed E-state index contributed by atoms with van der Waals surface area (Å²) in [6, 6.07) is 13.1. The summed E-state index contributed by atoms with van der Waals surface area (Å²) in [6.07, 6.45) is -0.938. The molecule has 27 heavy (non-hydrogen) atoms. The molecule has 0 bridgehead atoms. The first-order chi connectivity index (χ1) is 13.1. The number of hydrogen-bond acceptors (Lipinski definition) is 7. The standard InChI is InChI=1S/C19H17NO7/c1-24-18(22)12-6-8-13(9-7-12)20-17(21)11-26-19(23)16-10-25-14-4-2-3-5-15(14)27-16/h2-9,16H,10-11H2,1H3,(H,20,21)/t16-/m1/s1. The molecule has 1 N–H and O–H groups in total. The zero-order valence-corrected chi connectivity index (χ0v) is 14.5. The van der Waals surface area contributed by atoms with Crippen LogP contribution in [0.3, 0.4) is 0 Å². The fraction of sp³-hybridized carbons (Fsp3) is 0.211. The van der Waals surface area contributed by atoms with Gasteiger partial charge in [0.1, 0.15) is 6.61 Å². The first-order valence-electron chi connectivity index (χ1n) is 8.10. The lowest BCUT2D eigenvalue weighted by molar-refractivity contribution is -0.156. The Hall–Kier alpha value is -3.55. The fourth-order valence-corrected chi connectivity index (χ4v) is 2.37. The molecule has 2 aromatic carbocycles. The van der Waals surface area contributed by atoms with Crippen LogP contribution < -0.4 is 14.8 Å².